The van der Waals surface area contributed by atoms with Gasteiger partial charge in [-0.05, 0) is 76.8 Å². The van der Waals surface area contributed by atoms with Crippen LogP contribution in [-0.4, -0.2) is 97.1 Å². The summed E-state index contributed by atoms with van der Waals surface area (Å²) in [5.74, 6) is 0. The van der Waals surface area contributed by atoms with E-state index in [1.165, 1.54) is 0 Å². The van der Waals surface area contributed by atoms with Crippen LogP contribution in [0.15, 0.2) is 37.1 Å². The van der Waals surface area contributed by atoms with E-state index < -0.39 is 0 Å². The molecule has 1 aromatic carbocycles. The average Bonchev–Trinajstić information content (AvgIpc) is 2.94. The quantitative estimate of drug-likeness (QED) is 0.154. The Balaban J connectivity index is 2.44. The molecule has 0 bridgehead atoms. The maximum atomic E-state index is 5.99. The lowest BCUT2D eigenvalue weighted by molar-refractivity contribution is -0.0736. The molecule has 0 aliphatic carbocycles. The van der Waals surface area contributed by atoms with Gasteiger partial charge >= 0.3 is 0 Å². The zero-order chi connectivity index (χ0) is 29.9. The summed E-state index contributed by atoms with van der Waals surface area (Å²) in [6, 6.07) is 8.22. The van der Waals surface area contributed by atoms with E-state index in [1.807, 2.05) is 60.6 Å². The van der Waals surface area contributed by atoms with Gasteiger partial charge in [0.15, 0.2) is 0 Å². The van der Waals surface area contributed by atoms with Crippen LogP contribution in [0.3, 0.4) is 0 Å². The first kappa shape index (κ1) is 36.2. The van der Waals surface area contributed by atoms with Gasteiger partial charge in [0.2, 0.25) is 0 Å². The van der Waals surface area contributed by atoms with Crippen LogP contribution < -0.4 is 0 Å². The molecule has 8 nitrogen and oxygen atoms in total. The molecule has 0 N–H and O–H groups in total. The number of hydrogen-bond acceptors (Lipinski definition) is 8. The van der Waals surface area contributed by atoms with E-state index in [2.05, 4.69) is 18.7 Å². The van der Waals surface area contributed by atoms with Crippen molar-refractivity contribution in [2.45, 2.75) is 85.1 Å². The lowest BCUT2D eigenvalue weighted by Gasteiger charge is -2.20. The molecule has 1 rings (SSSR count). The van der Waals surface area contributed by atoms with Crippen molar-refractivity contribution in [2.24, 2.45) is 0 Å². The lowest BCUT2D eigenvalue weighted by Crippen LogP contribution is -2.26. The number of ether oxygens (including phenoxy) is 8. The second-order valence-electron chi connectivity index (χ2n) is 10.5. The summed E-state index contributed by atoms with van der Waals surface area (Å²) >= 11 is 0. The smallest absolute Gasteiger partial charge is 0.118 e. The predicted molar refractivity (Wildman–Crippen MR) is 160 cm³/mol. The SMILES string of the molecule is C=C(COC(C)COC(C)COC(C)COC)c1cccc(/C(C)=C/OC(C)COC(C)COC(C)COC)c1. The van der Waals surface area contributed by atoms with Gasteiger partial charge in [-0.15, -0.1) is 0 Å². The van der Waals surface area contributed by atoms with Crippen LogP contribution in [0.4, 0.5) is 0 Å². The summed E-state index contributed by atoms with van der Waals surface area (Å²) in [5.41, 5.74) is 4.02. The summed E-state index contributed by atoms with van der Waals surface area (Å²) in [7, 11) is 3.33. The van der Waals surface area contributed by atoms with Gasteiger partial charge in [0.05, 0.1) is 83.0 Å². The molecule has 0 saturated heterocycles. The first-order valence-electron chi connectivity index (χ1n) is 14.2. The Labute approximate surface area is 242 Å². The van der Waals surface area contributed by atoms with Crippen LogP contribution in [-0.2, 0) is 37.9 Å². The highest BCUT2D eigenvalue weighted by atomic mass is 16.6. The molecule has 6 atom stereocenters. The largest absolute Gasteiger partial charge is 0.496 e. The molecule has 0 spiro atoms. The third-order valence-corrected chi connectivity index (χ3v) is 6.01. The highest BCUT2D eigenvalue weighted by Crippen LogP contribution is 2.21. The van der Waals surface area contributed by atoms with Crippen molar-refractivity contribution in [3.8, 4) is 0 Å². The summed E-state index contributed by atoms with van der Waals surface area (Å²) in [4.78, 5) is 0. The molecule has 6 unspecified atom stereocenters. The van der Waals surface area contributed by atoms with Crippen LogP contribution >= 0.6 is 0 Å². The van der Waals surface area contributed by atoms with E-state index in [0.717, 1.165) is 22.3 Å². The van der Waals surface area contributed by atoms with E-state index in [-0.39, 0.29) is 36.6 Å². The second kappa shape index (κ2) is 21.0. The van der Waals surface area contributed by atoms with Crippen molar-refractivity contribution in [3.05, 3.63) is 48.2 Å². The van der Waals surface area contributed by atoms with Gasteiger partial charge < -0.3 is 37.9 Å². The Morgan fingerprint density at radius 3 is 1.57 bits per heavy atom. The molecule has 0 fully saturated rings. The molecule has 1 aromatic rings. The van der Waals surface area contributed by atoms with Crippen LogP contribution in [0.1, 0.15) is 59.6 Å². The number of hydrogen-bond donors (Lipinski definition) is 0. The highest BCUT2D eigenvalue weighted by Gasteiger charge is 2.12. The van der Waals surface area contributed by atoms with Gasteiger partial charge in [0.1, 0.15) is 6.10 Å². The van der Waals surface area contributed by atoms with Crippen molar-refractivity contribution < 1.29 is 37.9 Å². The molecule has 0 aromatic heterocycles. The molecule has 0 saturated carbocycles. The molecule has 40 heavy (non-hydrogen) atoms. The van der Waals surface area contributed by atoms with E-state index in [1.54, 1.807) is 20.5 Å². The van der Waals surface area contributed by atoms with Crippen molar-refractivity contribution in [3.63, 3.8) is 0 Å². The zero-order valence-corrected chi connectivity index (χ0v) is 26.3. The average molecular weight is 567 g/mol. The van der Waals surface area contributed by atoms with Gasteiger partial charge in [-0.25, -0.2) is 0 Å². The summed E-state index contributed by atoms with van der Waals surface area (Å²) in [6.45, 7) is 21.7. The summed E-state index contributed by atoms with van der Waals surface area (Å²) in [5, 5.41) is 0. The van der Waals surface area contributed by atoms with Gasteiger partial charge in [-0.1, -0.05) is 24.8 Å². The normalized spacial score (nSPS) is 16.7. The Kier molecular flexibility index (Phi) is 19.0. The van der Waals surface area contributed by atoms with E-state index in [0.29, 0.717) is 46.2 Å². The summed E-state index contributed by atoms with van der Waals surface area (Å²) < 4.78 is 45.2. The van der Waals surface area contributed by atoms with Crippen molar-refractivity contribution >= 4 is 11.1 Å². The number of methoxy groups -OCH3 is 2. The lowest BCUT2D eigenvalue weighted by atomic mass is 10.0. The monoisotopic (exact) mass is 566 g/mol. The minimum absolute atomic E-state index is 0.0242. The van der Waals surface area contributed by atoms with Gasteiger partial charge in [0, 0.05) is 14.2 Å². The molecule has 0 heterocycles. The molecule has 0 amide bonds. The van der Waals surface area contributed by atoms with Crippen molar-refractivity contribution in [1.82, 2.24) is 0 Å². The van der Waals surface area contributed by atoms with E-state index >= 15 is 0 Å². The maximum absolute atomic E-state index is 5.99. The fourth-order valence-electron chi connectivity index (χ4n) is 3.55. The fraction of sp³-hybridized carbons (Fsp3) is 0.688. The first-order chi connectivity index (χ1) is 19.0. The highest BCUT2D eigenvalue weighted by molar-refractivity contribution is 5.70. The number of rotatable bonds is 23. The van der Waals surface area contributed by atoms with Crippen molar-refractivity contribution in [1.29, 1.82) is 0 Å². The van der Waals surface area contributed by atoms with Crippen LogP contribution in [0.2, 0.25) is 0 Å². The standard InChI is InChI=1S/C32H54O8/c1-23(15-35-27(5)19-39-29(7)21-37-25(3)17-33-9)31-12-11-13-32(14-31)24(2)16-36-28(6)20-40-30(8)22-38-26(4)18-34-10/h11-14,16,25-30H,1,15,17-22H2,2-10H3/b24-16+. The van der Waals surface area contributed by atoms with E-state index in [9.17, 15) is 0 Å². The Morgan fingerprint density at radius 2 is 1.07 bits per heavy atom. The fourth-order valence-corrected chi connectivity index (χ4v) is 3.55. The number of benzene rings is 1. The Bertz CT molecular complexity index is 842. The molecule has 8 heteroatoms. The molecule has 0 radical (unpaired) electrons. The molecular formula is C32H54O8. The van der Waals surface area contributed by atoms with E-state index in [4.69, 9.17) is 37.9 Å². The third-order valence-electron chi connectivity index (χ3n) is 6.01. The first-order valence-corrected chi connectivity index (χ1v) is 14.2. The topological polar surface area (TPSA) is 73.8 Å². The molecule has 0 aliphatic rings. The minimum atomic E-state index is -0.0907. The van der Waals surface area contributed by atoms with Crippen LogP contribution in [0, 0.1) is 0 Å². The van der Waals surface area contributed by atoms with Crippen LogP contribution in [0.5, 0.6) is 0 Å². The molecule has 0 aliphatic heterocycles. The second-order valence-corrected chi connectivity index (χ2v) is 10.5. The molecule has 230 valence electrons. The van der Waals surface area contributed by atoms with Crippen molar-refractivity contribution in [2.75, 3.05) is 60.5 Å². The molecular weight excluding hydrogens is 512 g/mol. The third kappa shape index (κ3) is 16.5. The van der Waals surface area contributed by atoms with Gasteiger partial charge in [0.25, 0.3) is 0 Å². The van der Waals surface area contributed by atoms with Gasteiger partial charge in [-0.2, -0.15) is 0 Å². The zero-order valence-electron chi connectivity index (χ0n) is 26.3. The summed E-state index contributed by atoms with van der Waals surface area (Å²) in [6.07, 6.45) is 1.66. The van der Waals surface area contributed by atoms with Crippen LogP contribution in [0.25, 0.3) is 11.1 Å². The minimum Gasteiger partial charge on any atom is -0.496 e. The van der Waals surface area contributed by atoms with Gasteiger partial charge in [-0.3, -0.25) is 0 Å². The Morgan fingerprint density at radius 1 is 0.650 bits per heavy atom. The number of allylic oxidation sites excluding steroid dienone is 1. The maximum Gasteiger partial charge on any atom is 0.118 e. The predicted octanol–water partition coefficient (Wildman–Crippen LogP) is 5.78. The Hall–Kier alpha value is -1.78.